The van der Waals surface area contributed by atoms with Gasteiger partial charge in [0, 0.05) is 6.04 Å². The van der Waals surface area contributed by atoms with Gasteiger partial charge in [-0.1, -0.05) is 0 Å². The number of rotatable bonds is 4. The molecule has 0 radical (unpaired) electrons. The molecule has 1 aromatic heterocycles. The fourth-order valence-corrected chi connectivity index (χ4v) is 2.21. The summed E-state index contributed by atoms with van der Waals surface area (Å²) in [6.07, 6.45) is 5.99. The van der Waals surface area contributed by atoms with Gasteiger partial charge in [0.2, 0.25) is 0 Å². The number of ether oxygens (including phenoxy) is 1. The molecule has 0 spiro atoms. The Hall–Kier alpha value is -1.52. The second kappa shape index (κ2) is 4.77. The number of carboxylic acid groups (broad SMARTS) is 1. The van der Waals surface area contributed by atoms with Gasteiger partial charge in [0.1, 0.15) is 0 Å². The van der Waals surface area contributed by atoms with Gasteiger partial charge in [0.25, 0.3) is 0 Å². The maximum Gasteiger partial charge on any atom is 0.358 e. The second-order valence-corrected chi connectivity index (χ2v) is 4.73. The highest BCUT2D eigenvalue weighted by Crippen LogP contribution is 2.27. The molecule has 0 bridgehead atoms. The first-order chi connectivity index (χ1) is 8.09. The molecule has 2 rings (SSSR count). The van der Waals surface area contributed by atoms with Crippen molar-refractivity contribution in [3.8, 4) is 5.75 Å². The molecular weight excluding hydrogens is 220 g/mol. The molecule has 1 aromatic rings. The first-order valence-corrected chi connectivity index (χ1v) is 6.07. The van der Waals surface area contributed by atoms with Crippen molar-refractivity contribution in [2.24, 2.45) is 0 Å². The van der Waals surface area contributed by atoms with Crippen LogP contribution in [0.3, 0.4) is 0 Å². The Bertz CT molecular complexity index is 406. The number of carboxylic acids is 1. The summed E-state index contributed by atoms with van der Waals surface area (Å²) >= 11 is 0. The lowest BCUT2D eigenvalue weighted by Crippen LogP contribution is -2.16. The zero-order valence-electron chi connectivity index (χ0n) is 10.2. The maximum atomic E-state index is 11.2. The summed E-state index contributed by atoms with van der Waals surface area (Å²) in [5.41, 5.74) is 0.159. The van der Waals surface area contributed by atoms with Crippen molar-refractivity contribution >= 4 is 5.97 Å². The lowest BCUT2D eigenvalue weighted by atomic mass is 10.3. The minimum Gasteiger partial charge on any atom is -0.486 e. The molecule has 5 heteroatoms. The quantitative estimate of drug-likeness (QED) is 0.875. The third kappa shape index (κ3) is 2.43. The fraction of sp³-hybridized carbons (Fsp3) is 0.667. The molecule has 1 saturated carbocycles. The van der Waals surface area contributed by atoms with Crippen molar-refractivity contribution < 1.29 is 14.6 Å². The number of nitrogens with zero attached hydrogens (tertiary/aromatic N) is 2. The van der Waals surface area contributed by atoms with E-state index in [0.29, 0.717) is 5.75 Å². The summed E-state index contributed by atoms with van der Waals surface area (Å²) in [7, 11) is 0. The summed E-state index contributed by atoms with van der Waals surface area (Å²) in [5.74, 6) is -0.581. The molecule has 5 nitrogen and oxygen atoms in total. The lowest BCUT2D eigenvalue weighted by molar-refractivity contribution is 0.0673. The monoisotopic (exact) mass is 238 g/mol. The van der Waals surface area contributed by atoms with Gasteiger partial charge in [-0.15, -0.1) is 0 Å². The van der Waals surface area contributed by atoms with Crippen LogP contribution in [0.5, 0.6) is 5.75 Å². The minimum atomic E-state index is -0.982. The smallest absolute Gasteiger partial charge is 0.358 e. The van der Waals surface area contributed by atoms with Crippen molar-refractivity contribution in [1.82, 2.24) is 9.78 Å². The molecule has 1 aliphatic carbocycles. The van der Waals surface area contributed by atoms with Gasteiger partial charge in [0.15, 0.2) is 11.4 Å². The molecule has 94 valence electrons. The summed E-state index contributed by atoms with van der Waals surface area (Å²) < 4.78 is 7.23. The topological polar surface area (TPSA) is 64.4 Å². The van der Waals surface area contributed by atoms with Crippen LogP contribution < -0.4 is 4.74 Å². The van der Waals surface area contributed by atoms with Gasteiger partial charge >= 0.3 is 5.97 Å². The zero-order valence-corrected chi connectivity index (χ0v) is 10.2. The third-order valence-corrected chi connectivity index (χ3v) is 3.05. The molecule has 1 fully saturated rings. The highest BCUT2D eigenvalue weighted by atomic mass is 16.5. The molecular formula is C12H18N2O3. The standard InChI is InChI=1S/C12H18N2O3/c1-8(2)14-11(12(15)16)10(7-13-14)17-9-5-3-4-6-9/h7-9H,3-6H2,1-2H3,(H,15,16). The van der Waals surface area contributed by atoms with Crippen LogP contribution >= 0.6 is 0 Å². The van der Waals surface area contributed by atoms with E-state index in [0.717, 1.165) is 25.7 Å². The minimum absolute atomic E-state index is 0.0158. The Morgan fingerprint density at radius 1 is 1.53 bits per heavy atom. The van der Waals surface area contributed by atoms with E-state index in [1.54, 1.807) is 0 Å². The van der Waals surface area contributed by atoms with Crippen LogP contribution in [0.4, 0.5) is 0 Å². The largest absolute Gasteiger partial charge is 0.486 e. The Labute approximate surface area is 100 Å². The average Bonchev–Trinajstić information content (AvgIpc) is 2.86. The third-order valence-electron chi connectivity index (χ3n) is 3.05. The molecule has 17 heavy (non-hydrogen) atoms. The first kappa shape index (κ1) is 12.0. The first-order valence-electron chi connectivity index (χ1n) is 6.07. The number of carbonyl (C=O) groups is 1. The Morgan fingerprint density at radius 3 is 2.71 bits per heavy atom. The Kier molecular flexibility index (Phi) is 3.36. The van der Waals surface area contributed by atoms with Gasteiger partial charge in [-0.2, -0.15) is 5.10 Å². The Morgan fingerprint density at radius 2 is 2.18 bits per heavy atom. The highest BCUT2D eigenvalue weighted by Gasteiger charge is 2.24. The normalized spacial score (nSPS) is 16.6. The summed E-state index contributed by atoms with van der Waals surface area (Å²) in [5, 5.41) is 13.3. The van der Waals surface area contributed by atoms with Crippen LogP contribution in [-0.4, -0.2) is 27.0 Å². The predicted octanol–water partition coefficient (Wildman–Crippen LogP) is 2.48. The van der Waals surface area contributed by atoms with Gasteiger partial charge in [-0.25, -0.2) is 4.79 Å². The number of aromatic carboxylic acids is 1. The van der Waals surface area contributed by atoms with Crippen LogP contribution in [0.25, 0.3) is 0 Å². The van der Waals surface area contributed by atoms with Crippen molar-refractivity contribution in [1.29, 1.82) is 0 Å². The van der Waals surface area contributed by atoms with Crippen molar-refractivity contribution in [3.63, 3.8) is 0 Å². The highest BCUT2D eigenvalue weighted by molar-refractivity contribution is 5.88. The fourth-order valence-electron chi connectivity index (χ4n) is 2.21. The van der Waals surface area contributed by atoms with E-state index in [9.17, 15) is 9.90 Å². The van der Waals surface area contributed by atoms with E-state index in [4.69, 9.17) is 4.74 Å². The van der Waals surface area contributed by atoms with E-state index in [2.05, 4.69) is 5.10 Å². The molecule has 0 amide bonds. The van der Waals surface area contributed by atoms with Gasteiger partial charge in [-0.3, -0.25) is 4.68 Å². The van der Waals surface area contributed by atoms with Crippen molar-refractivity contribution in [2.45, 2.75) is 51.7 Å². The second-order valence-electron chi connectivity index (χ2n) is 4.73. The molecule has 0 saturated heterocycles. The van der Waals surface area contributed by atoms with Crippen molar-refractivity contribution in [2.75, 3.05) is 0 Å². The number of aromatic nitrogens is 2. The molecule has 1 heterocycles. The maximum absolute atomic E-state index is 11.2. The van der Waals surface area contributed by atoms with Crippen molar-refractivity contribution in [3.05, 3.63) is 11.9 Å². The average molecular weight is 238 g/mol. The summed E-state index contributed by atoms with van der Waals surface area (Å²) in [4.78, 5) is 11.2. The SMILES string of the molecule is CC(C)n1ncc(OC2CCCC2)c1C(=O)O. The van der Waals surface area contributed by atoms with Crippen LogP contribution in [-0.2, 0) is 0 Å². The molecule has 0 aliphatic heterocycles. The van der Waals surface area contributed by atoms with E-state index in [1.807, 2.05) is 13.8 Å². The molecule has 0 unspecified atom stereocenters. The Balaban J connectivity index is 2.23. The number of hydrogen-bond donors (Lipinski definition) is 1. The van der Waals surface area contributed by atoms with Crippen LogP contribution in [0.2, 0.25) is 0 Å². The molecule has 0 atom stereocenters. The van der Waals surface area contributed by atoms with E-state index >= 15 is 0 Å². The van der Waals surface area contributed by atoms with E-state index in [-0.39, 0.29) is 17.8 Å². The van der Waals surface area contributed by atoms with Crippen LogP contribution in [0, 0.1) is 0 Å². The van der Waals surface area contributed by atoms with E-state index < -0.39 is 5.97 Å². The summed E-state index contributed by atoms with van der Waals surface area (Å²) in [6, 6.07) is 0.0158. The van der Waals surface area contributed by atoms with E-state index in [1.165, 1.54) is 10.9 Å². The number of hydrogen-bond acceptors (Lipinski definition) is 3. The zero-order chi connectivity index (χ0) is 12.4. The van der Waals surface area contributed by atoms with Crippen LogP contribution in [0.15, 0.2) is 6.20 Å². The van der Waals surface area contributed by atoms with Gasteiger partial charge in [0.05, 0.1) is 12.3 Å². The summed E-state index contributed by atoms with van der Waals surface area (Å²) in [6.45, 7) is 3.80. The predicted molar refractivity (Wildman–Crippen MR) is 62.5 cm³/mol. The molecule has 1 N–H and O–H groups in total. The van der Waals surface area contributed by atoms with Gasteiger partial charge < -0.3 is 9.84 Å². The van der Waals surface area contributed by atoms with Gasteiger partial charge in [-0.05, 0) is 39.5 Å². The molecule has 1 aliphatic rings. The molecule has 0 aromatic carbocycles. The van der Waals surface area contributed by atoms with Crippen LogP contribution in [0.1, 0.15) is 56.1 Å². The lowest BCUT2D eigenvalue weighted by Gasteiger charge is -2.13.